The quantitative estimate of drug-likeness (QED) is 0.224. The summed E-state index contributed by atoms with van der Waals surface area (Å²) < 4.78 is 22.8. The van der Waals surface area contributed by atoms with Gasteiger partial charge in [-0.1, -0.05) is 72.3 Å². The van der Waals surface area contributed by atoms with Gasteiger partial charge in [0.2, 0.25) is 0 Å². The van der Waals surface area contributed by atoms with Crippen molar-refractivity contribution >= 4 is 13.6 Å². The molecule has 0 aliphatic rings. The normalized spacial score (nSPS) is 12.2. The van der Waals surface area contributed by atoms with Crippen LogP contribution >= 0.6 is 7.82 Å². The summed E-state index contributed by atoms with van der Waals surface area (Å²) in [5.41, 5.74) is 5.68. The zero-order valence-corrected chi connectivity index (χ0v) is 23.0. The summed E-state index contributed by atoms with van der Waals surface area (Å²) in [5, 5.41) is 0. The Labute approximate surface area is 227 Å². The SMILES string of the molecule is Cc1cc(C)c(C(=O)c2cccc(OP(=O)([O-])Oc3ccc(-c4ccccc4)cc3)c2)c(C)c1.[Na+]. The van der Waals surface area contributed by atoms with Crippen LogP contribution in [-0.4, -0.2) is 5.78 Å². The third kappa shape index (κ3) is 6.72. The summed E-state index contributed by atoms with van der Waals surface area (Å²) in [5.74, 6) is -0.0535. The molecule has 0 aliphatic heterocycles. The molecule has 0 amide bonds. The first-order valence-electron chi connectivity index (χ1n) is 10.8. The minimum atomic E-state index is -4.73. The molecular formula is C28H24NaO5P. The van der Waals surface area contributed by atoms with Gasteiger partial charge >= 0.3 is 37.4 Å². The number of hydrogen-bond acceptors (Lipinski definition) is 5. The molecule has 0 N–H and O–H groups in total. The summed E-state index contributed by atoms with van der Waals surface area (Å²) in [6, 6.07) is 26.4. The molecule has 35 heavy (non-hydrogen) atoms. The molecular weight excluding hydrogens is 470 g/mol. The molecule has 1 atom stereocenters. The first-order chi connectivity index (χ1) is 16.2. The van der Waals surface area contributed by atoms with E-state index in [2.05, 4.69) is 0 Å². The van der Waals surface area contributed by atoms with Crippen LogP contribution in [0.3, 0.4) is 0 Å². The molecule has 0 bridgehead atoms. The Balaban J connectivity index is 0.00000342. The predicted molar refractivity (Wildman–Crippen MR) is 131 cm³/mol. The van der Waals surface area contributed by atoms with Gasteiger partial charge < -0.3 is 13.9 Å². The average molecular weight is 494 g/mol. The largest absolute Gasteiger partial charge is 1.00 e. The predicted octanol–water partition coefficient (Wildman–Crippen LogP) is 3.44. The van der Waals surface area contributed by atoms with Crippen LogP contribution in [0.25, 0.3) is 11.1 Å². The van der Waals surface area contributed by atoms with Crippen LogP contribution in [0.1, 0.15) is 32.6 Å². The number of phosphoric acid groups is 1. The van der Waals surface area contributed by atoms with Crippen molar-refractivity contribution in [1.29, 1.82) is 0 Å². The zero-order valence-electron chi connectivity index (χ0n) is 20.1. The molecule has 0 saturated carbocycles. The molecule has 0 fully saturated rings. The van der Waals surface area contributed by atoms with Crippen LogP contribution in [0.2, 0.25) is 0 Å². The smallest absolute Gasteiger partial charge is 0.736 e. The average Bonchev–Trinajstić information content (AvgIpc) is 2.79. The number of aryl methyl sites for hydroxylation is 3. The van der Waals surface area contributed by atoms with Crippen molar-refractivity contribution < 1.29 is 52.9 Å². The maximum absolute atomic E-state index is 13.1. The van der Waals surface area contributed by atoms with Crippen LogP contribution in [-0.2, 0) is 4.57 Å². The van der Waals surface area contributed by atoms with Crippen LogP contribution in [0.15, 0.2) is 91.0 Å². The fourth-order valence-corrected chi connectivity index (χ4v) is 4.78. The van der Waals surface area contributed by atoms with Crippen LogP contribution in [0, 0.1) is 20.8 Å². The minimum Gasteiger partial charge on any atom is -0.736 e. The Hall–Kier alpha value is -2.66. The van der Waals surface area contributed by atoms with Crippen molar-refractivity contribution in [3.05, 3.63) is 119 Å². The fourth-order valence-electron chi connectivity index (χ4n) is 3.99. The van der Waals surface area contributed by atoms with Crippen molar-refractivity contribution in [2.45, 2.75) is 20.8 Å². The van der Waals surface area contributed by atoms with E-state index < -0.39 is 7.82 Å². The molecule has 172 valence electrons. The molecule has 0 aliphatic carbocycles. The molecule has 1 unspecified atom stereocenters. The Bertz CT molecular complexity index is 1360. The van der Waals surface area contributed by atoms with Gasteiger partial charge in [-0.25, -0.2) is 4.57 Å². The molecule has 4 aromatic rings. The van der Waals surface area contributed by atoms with Gasteiger partial charge in [0.1, 0.15) is 11.5 Å². The maximum Gasteiger partial charge on any atom is 1.00 e. The van der Waals surface area contributed by atoms with Crippen LogP contribution in [0.5, 0.6) is 11.5 Å². The number of rotatable bonds is 7. The zero-order chi connectivity index (χ0) is 24.3. The number of carbonyl (C=O) groups is 1. The van der Waals surface area contributed by atoms with Gasteiger partial charge in [-0.15, -0.1) is 0 Å². The van der Waals surface area contributed by atoms with Gasteiger partial charge in [-0.2, -0.15) is 0 Å². The van der Waals surface area contributed by atoms with Gasteiger partial charge in [0.25, 0.3) is 0 Å². The van der Waals surface area contributed by atoms with Gasteiger partial charge in [0.05, 0.1) is 0 Å². The van der Waals surface area contributed by atoms with Crippen molar-refractivity contribution in [3.8, 4) is 22.6 Å². The van der Waals surface area contributed by atoms with E-state index in [9.17, 15) is 14.3 Å². The number of hydrogen-bond donors (Lipinski definition) is 0. The van der Waals surface area contributed by atoms with E-state index in [4.69, 9.17) is 9.05 Å². The third-order valence-electron chi connectivity index (χ3n) is 5.40. The Morgan fingerprint density at radius 1 is 0.714 bits per heavy atom. The van der Waals surface area contributed by atoms with Gasteiger partial charge in [-0.3, -0.25) is 4.79 Å². The second kappa shape index (κ2) is 11.4. The summed E-state index contributed by atoms with van der Waals surface area (Å²) in [6.45, 7) is 5.75. The van der Waals surface area contributed by atoms with E-state index >= 15 is 0 Å². The summed E-state index contributed by atoms with van der Waals surface area (Å²) in [4.78, 5) is 25.6. The van der Waals surface area contributed by atoms with E-state index in [-0.39, 0.29) is 46.8 Å². The van der Waals surface area contributed by atoms with E-state index in [0.29, 0.717) is 11.1 Å². The van der Waals surface area contributed by atoms with Gasteiger partial charge in [-0.05, 0) is 67.3 Å². The first-order valence-corrected chi connectivity index (χ1v) is 12.3. The number of benzene rings is 4. The number of phosphoric ester groups is 1. The number of ketones is 1. The van der Waals surface area contributed by atoms with Crippen LogP contribution in [0.4, 0.5) is 0 Å². The van der Waals surface area contributed by atoms with Crippen molar-refractivity contribution in [2.75, 3.05) is 0 Å². The number of carbonyl (C=O) groups excluding carboxylic acids is 1. The van der Waals surface area contributed by atoms with E-state index in [0.717, 1.165) is 27.8 Å². The molecule has 0 spiro atoms. The molecule has 5 nitrogen and oxygen atoms in total. The van der Waals surface area contributed by atoms with E-state index in [1.807, 2.05) is 63.2 Å². The molecule has 0 aromatic heterocycles. The second-order valence-electron chi connectivity index (χ2n) is 8.15. The standard InChI is InChI=1S/C28H25O5P.Na/c1-19-16-20(2)27(21(3)17-19)28(29)24-10-7-11-26(18-24)33-34(30,31)32-25-14-12-23(13-15-25)22-8-5-4-6-9-22;/h4-18H,1-3H3,(H,30,31);/q;+1/p-1. The third-order valence-corrected chi connectivity index (χ3v) is 6.27. The molecule has 7 heteroatoms. The monoisotopic (exact) mass is 494 g/mol. The summed E-state index contributed by atoms with van der Waals surface area (Å²) in [6.07, 6.45) is 0. The molecule has 0 saturated heterocycles. The van der Waals surface area contributed by atoms with Crippen molar-refractivity contribution in [3.63, 3.8) is 0 Å². The molecule has 0 radical (unpaired) electrons. The van der Waals surface area contributed by atoms with Crippen LogP contribution < -0.4 is 43.5 Å². The van der Waals surface area contributed by atoms with Gasteiger partial charge in [0.15, 0.2) is 5.78 Å². The second-order valence-corrected chi connectivity index (χ2v) is 9.41. The first kappa shape index (κ1) is 26.9. The maximum atomic E-state index is 13.1. The Morgan fingerprint density at radius 2 is 1.29 bits per heavy atom. The Kier molecular flexibility index (Phi) is 8.76. The van der Waals surface area contributed by atoms with Crippen molar-refractivity contribution in [1.82, 2.24) is 0 Å². The summed E-state index contributed by atoms with van der Waals surface area (Å²) in [7, 11) is -4.73. The summed E-state index contributed by atoms with van der Waals surface area (Å²) >= 11 is 0. The minimum absolute atomic E-state index is 0. The van der Waals surface area contributed by atoms with Gasteiger partial charge in [0, 0.05) is 11.1 Å². The topological polar surface area (TPSA) is 75.7 Å². The Morgan fingerprint density at radius 3 is 1.91 bits per heavy atom. The van der Waals surface area contributed by atoms with Crippen molar-refractivity contribution in [2.24, 2.45) is 0 Å². The molecule has 4 aromatic carbocycles. The molecule has 0 heterocycles. The fraction of sp³-hybridized carbons (Fsp3) is 0.107. The molecule has 4 rings (SSSR count). The van der Waals surface area contributed by atoms with E-state index in [1.54, 1.807) is 36.4 Å². The van der Waals surface area contributed by atoms with E-state index in [1.165, 1.54) is 12.1 Å².